The van der Waals surface area contributed by atoms with E-state index in [1.165, 1.54) is 16.8 Å². The monoisotopic (exact) mass is 344 g/mol. The fraction of sp³-hybridized carbons (Fsp3) is 0.412. The van der Waals surface area contributed by atoms with E-state index in [-0.39, 0.29) is 25.0 Å². The minimum atomic E-state index is -0.496. The summed E-state index contributed by atoms with van der Waals surface area (Å²) in [5, 5.41) is 0. The van der Waals surface area contributed by atoms with Crippen LogP contribution in [0.25, 0.3) is 0 Å². The van der Waals surface area contributed by atoms with E-state index in [0.29, 0.717) is 13.1 Å². The quantitative estimate of drug-likeness (QED) is 0.846. The number of aromatic amines is 1. The van der Waals surface area contributed by atoms with Gasteiger partial charge in [-0.1, -0.05) is 0 Å². The van der Waals surface area contributed by atoms with Gasteiger partial charge in [-0.15, -0.1) is 0 Å². The van der Waals surface area contributed by atoms with Crippen molar-refractivity contribution in [1.82, 2.24) is 19.4 Å². The highest BCUT2D eigenvalue weighted by Crippen LogP contribution is 2.18. The molecule has 1 fully saturated rings. The molecule has 1 amide bonds. The second kappa shape index (κ2) is 7.78. The number of hydrogen-bond donors (Lipinski definition) is 1. The van der Waals surface area contributed by atoms with Gasteiger partial charge in [0.2, 0.25) is 5.91 Å². The standard InChI is InChI=1S/C17H20N4O4/c22-15-5-10-21(17(24)19-15)11-6-16(23)20-8-3-13(4-9-20)25-14-2-1-7-18-12-14/h1-2,5,7,10,12-13H,3-4,6,8-9,11H2,(H,19,22,24). The van der Waals surface area contributed by atoms with Crippen molar-refractivity contribution in [1.29, 1.82) is 0 Å². The summed E-state index contributed by atoms with van der Waals surface area (Å²) in [6, 6.07) is 4.96. The summed E-state index contributed by atoms with van der Waals surface area (Å²) in [6.45, 7) is 1.51. The van der Waals surface area contributed by atoms with E-state index in [1.807, 2.05) is 12.1 Å². The Morgan fingerprint density at radius 1 is 1.28 bits per heavy atom. The topological polar surface area (TPSA) is 97.3 Å². The molecule has 0 saturated carbocycles. The second-order valence-electron chi connectivity index (χ2n) is 5.94. The largest absolute Gasteiger partial charge is 0.489 e. The molecule has 2 aromatic rings. The highest BCUT2D eigenvalue weighted by molar-refractivity contribution is 5.76. The zero-order chi connectivity index (χ0) is 17.6. The molecule has 1 saturated heterocycles. The van der Waals surface area contributed by atoms with E-state index in [4.69, 9.17) is 4.74 Å². The molecule has 0 radical (unpaired) electrons. The molecule has 1 N–H and O–H groups in total. The van der Waals surface area contributed by atoms with E-state index in [9.17, 15) is 14.4 Å². The van der Waals surface area contributed by atoms with Gasteiger partial charge in [0, 0.05) is 57.4 Å². The Kier molecular flexibility index (Phi) is 5.27. The van der Waals surface area contributed by atoms with Crippen molar-refractivity contribution in [2.45, 2.75) is 31.9 Å². The van der Waals surface area contributed by atoms with Crippen LogP contribution in [0.3, 0.4) is 0 Å². The van der Waals surface area contributed by atoms with Crippen molar-refractivity contribution in [2.24, 2.45) is 0 Å². The number of pyridine rings is 1. The fourth-order valence-corrected chi connectivity index (χ4v) is 2.83. The van der Waals surface area contributed by atoms with Crippen molar-refractivity contribution in [3.05, 3.63) is 57.6 Å². The summed E-state index contributed by atoms with van der Waals surface area (Å²) in [5.41, 5.74) is -0.938. The summed E-state index contributed by atoms with van der Waals surface area (Å²) in [7, 11) is 0. The number of nitrogens with one attached hydrogen (secondary N) is 1. The van der Waals surface area contributed by atoms with Gasteiger partial charge in [-0.05, 0) is 12.1 Å². The summed E-state index contributed by atoms with van der Waals surface area (Å²) < 4.78 is 7.19. The van der Waals surface area contributed by atoms with Crippen molar-refractivity contribution in [3.63, 3.8) is 0 Å². The van der Waals surface area contributed by atoms with Gasteiger partial charge in [0.1, 0.15) is 11.9 Å². The molecule has 25 heavy (non-hydrogen) atoms. The van der Waals surface area contributed by atoms with E-state index >= 15 is 0 Å². The Hall–Kier alpha value is -2.90. The first-order chi connectivity index (χ1) is 12.1. The van der Waals surface area contributed by atoms with E-state index in [0.717, 1.165) is 18.6 Å². The number of carbonyl (C=O) groups is 1. The average Bonchev–Trinajstić information content (AvgIpc) is 2.62. The number of amides is 1. The maximum atomic E-state index is 12.3. The summed E-state index contributed by atoms with van der Waals surface area (Å²) >= 11 is 0. The Bertz CT molecular complexity index is 822. The highest BCUT2D eigenvalue weighted by Gasteiger charge is 2.23. The summed E-state index contributed by atoms with van der Waals surface area (Å²) in [6.07, 6.45) is 6.61. The molecule has 8 nitrogen and oxygen atoms in total. The number of piperidine rings is 1. The van der Waals surface area contributed by atoms with Crippen molar-refractivity contribution in [2.75, 3.05) is 13.1 Å². The predicted molar refractivity (Wildman–Crippen MR) is 90.4 cm³/mol. The number of likely N-dealkylation sites (tertiary alicyclic amines) is 1. The molecule has 0 aliphatic carbocycles. The molecular formula is C17H20N4O4. The molecule has 0 unspecified atom stereocenters. The second-order valence-corrected chi connectivity index (χ2v) is 5.94. The van der Waals surface area contributed by atoms with Crippen molar-refractivity contribution in [3.8, 4) is 5.75 Å². The lowest BCUT2D eigenvalue weighted by atomic mass is 10.1. The normalized spacial score (nSPS) is 15.1. The lowest BCUT2D eigenvalue weighted by molar-refractivity contribution is -0.133. The zero-order valence-electron chi connectivity index (χ0n) is 13.8. The zero-order valence-corrected chi connectivity index (χ0v) is 13.8. The number of nitrogens with zero attached hydrogens (tertiary/aromatic N) is 3. The smallest absolute Gasteiger partial charge is 0.328 e. The van der Waals surface area contributed by atoms with E-state index in [1.54, 1.807) is 17.3 Å². The first-order valence-electron chi connectivity index (χ1n) is 8.26. The van der Waals surface area contributed by atoms with Crippen LogP contribution in [-0.2, 0) is 11.3 Å². The molecule has 132 valence electrons. The number of aromatic nitrogens is 3. The Labute approximate surface area is 144 Å². The average molecular weight is 344 g/mol. The van der Waals surface area contributed by atoms with Crippen LogP contribution >= 0.6 is 0 Å². The number of aryl methyl sites for hydroxylation is 1. The molecule has 0 aromatic carbocycles. The lowest BCUT2D eigenvalue weighted by Gasteiger charge is -2.32. The third-order valence-corrected chi connectivity index (χ3v) is 4.20. The van der Waals surface area contributed by atoms with Crippen molar-refractivity contribution < 1.29 is 9.53 Å². The van der Waals surface area contributed by atoms with Gasteiger partial charge in [0.05, 0.1) is 6.20 Å². The van der Waals surface area contributed by atoms with Gasteiger partial charge in [-0.25, -0.2) is 4.79 Å². The Morgan fingerprint density at radius 3 is 2.76 bits per heavy atom. The van der Waals surface area contributed by atoms with Gasteiger partial charge < -0.3 is 14.2 Å². The third-order valence-electron chi connectivity index (χ3n) is 4.20. The minimum absolute atomic E-state index is 0.00192. The van der Waals surface area contributed by atoms with Gasteiger partial charge in [0.15, 0.2) is 0 Å². The van der Waals surface area contributed by atoms with E-state index < -0.39 is 11.2 Å². The van der Waals surface area contributed by atoms with E-state index in [2.05, 4.69) is 9.97 Å². The number of hydrogen-bond acceptors (Lipinski definition) is 5. The Balaban J connectivity index is 1.46. The minimum Gasteiger partial charge on any atom is -0.489 e. The maximum absolute atomic E-state index is 12.3. The van der Waals surface area contributed by atoms with Crippen LogP contribution in [-0.4, -0.2) is 44.5 Å². The van der Waals surface area contributed by atoms with Crippen LogP contribution in [0.5, 0.6) is 5.75 Å². The molecular weight excluding hydrogens is 324 g/mol. The molecule has 0 bridgehead atoms. The SMILES string of the molecule is O=C(CCn1ccc(=O)[nH]c1=O)N1CCC(Oc2cccnc2)CC1. The Morgan fingerprint density at radius 2 is 2.08 bits per heavy atom. The number of ether oxygens (including phenoxy) is 1. The molecule has 3 heterocycles. The summed E-state index contributed by atoms with van der Waals surface area (Å²) in [4.78, 5) is 42.9. The van der Waals surface area contributed by atoms with Gasteiger partial charge in [-0.3, -0.25) is 19.6 Å². The first-order valence-corrected chi connectivity index (χ1v) is 8.26. The highest BCUT2D eigenvalue weighted by atomic mass is 16.5. The van der Waals surface area contributed by atoms with Crippen LogP contribution < -0.4 is 16.0 Å². The van der Waals surface area contributed by atoms with Crippen LogP contribution in [0, 0.1) is 0 Å². The van der Waals surface area contributed by atoms with Gasteiger partial charge in [-0.2, -0.15) is 0 Å². The van der Waals surface area contributed by atoms with Crippen molar-refractivity contribution >= 4 is 5.91 Å². The molecule has 8 heteroatoms. The van der Waals surface area contributed by atoms with Crippen LogP contribution in [0.4, 0.5) is 0 Å². The number of H-pyrrole nitrogens is 1. The fourth-order valence-electron chi connectivity index (χ4n) is 2.83. The molecule has 3 rings (SSSR count). The van der Waals surface area contributed by atoms with Crippen LogP contribution in [0.2, 0.25) is 0 Å². The molecule has 0 atom stereocenters. The number of rotatable bonds is 5. The predicted octanol–water partition coefficient (Wildman–Crippen LogP) is 0.392. The molecule has 1 aliphatic rings. The summed E-state index contributed by atoms with van der Waals surface area (Å²) in [5.74, 6) is 0.739. The maximum Gasteiger partial charge on any atom is 0.328 e. The first kappa shape index (κ1) is 16.9. The number of carbonyl (C=O) groups excluding carboxylic acids is 1. The lowest BCUT2D eigenvalue weighted by Crippen LogP contribution is -2.42. The van der Waals surface area contributed by atoms with Gasteiger partial charge in [0.25, 0.3) is 5.56 Å². The molecule has 1 aliphatic heterocycles. The molecule has 2 aromatic heterocycles. The molecule has 0 spiro atoms. The van der Waals surface area contributed by atoms with Crippen LogP contribution in [0.15, 0.2) is 46.4 Å². The van der Waals surface area contributed by atoms with Crippen LogP contribution in [0.1, 0.15) is 19.3 Å². The third kappa shape index (κ3) is 4.56. The van der Waals surface area contributed by atoms with Gasteiger partial charge >= 0.3 is 5.69 Å².